The predicted octanol–water partition coefficient (Wildman–Crippen LogP) is 3.18. The second-order valence-electron chi connectivity index (χ2n) is 4.67. The van der Waals surface area contributed by atoms with Crippen LogP contribution in [0.1, 0.15) is 22.8 Å². The summed E-state index contributed by atoms with van der Waals surface area (Å²) in [6.45, 7) is 1.54. The normalized spacial score (nSPS) is 11.7. The highest BCUT2D eigenvalue weighted by molar-refractivity contribution is 6.00. The number of Topliss-reactive ketones (excluding diaryl/α,β-unsaturated/α-hetero) is 1. The van der Waals surface area contributed by atoms with Crippen LogP contribution in [-0.2, 0) is 16.0 Å². The molecule has 0 saturated heterocycles. The number of hydrogen-bond donors (Lipinski definition) is 0. The van der Waals surface area contributed by atoms with Crippen LogP contribution in [0.25, 0.3) is 0 Å². The van der Waals surface area contributed by atoms with Crippen molar-refractivity contribution in [2.24, 2.45) is 0 Å². The van der Waals surface area contributed by atoms with Crippen LogP contribution in [0.3, 0.4) is 0 Å². The van der Waals surface area contributed by atoms with Crippen molar-refractivity contribution in [1.82, 2.24) is 0 Å². The molecule has 1 unspecified atom stereocenters. The first-order chi connectivity index (χ1) is 10.1. The summed E-state index contributed by atoms with van der Waals surface area (Å²) in [5.74, 6) is -1.12. The molecule has 0 spiro atoms. The first-order valence-electron chi connectivity index (χ1n) is 6.59. The van der Waals surface area contributed by atoms with E-state index in [1.165, 1.54) is 31.2 Å². The van der Waals surface area contributed by atoms with Crippen LogP contribution in [0.4, 0.5) is 4.39 Å². The summed E-state index contributed by atoms with van der Waals surface area (Å²) in [4.78, 5) is 23.8. The third-order valence-electron chi connectivity index (χ3n) is 3.00. The summed E-state index contributed by atoms with van der Waals surface area (Å²) in [6, 6.07) is 14.2. The number of ketones is 1. The number of halogens is 1. The van der Waals surface area contributed by atoms with Gasteiger partial charge in [-0.05, 0) is 24.6 Å². The van der Waals surface area contributed by atoms with E-state index in [2.05, 4.69) is 0 Å². The van der Waals surface area contributed by atoms with Crippen molar-refractivity contribution in [2.45, 2.75) is 19.4 Å². The Balaban J connectivity index is 1.93. The largest absolute Gasteiger partial charge is 0.454 e. The Morgan fingerprint density at radius 2 is 1.67 bits per heavy atom. The lowest BCUT2D eigenvalue weighted by Gasteiger charge is -2.12. The van der Waals surface area contributed by atoms with E-state index in [-0.39, 0.29) is 18.0 Å². The van der Waals surface area contributed by atoms with Crippen molar-refractivity contribution in [2.75, 3.05) is 0 Å². The van der Waals surface area contributed by atoms with Gasteiger partial charge in [-0.15, -0.1) is 0 Å². The quantitative estimate of drug-likeness (QED) is 0.626. The number of carbonyl (C=O) groups is 2. The van der Waals surface area contributed by atoms with E-state index in [0.29, 0.717) is 11.1 Å². The third-order valence-corrected chi connectivity index (χ3v) is 3.00. The summed E-state index contributed by atoms with van der Waals surface area (Å²) in [7, 11) is 0. The Bertz CT molecular complexity index is 620. The van der Waals surface area contributed by atoms with Gasteiger partial charge >= 0.3 is 5.97 Å². The van der Waals surface area contributed by atoms with Gasteiger partial charge in [0.2, 0.25) is 5.78 Å². The van der Waals surface area contributed by atoms with E-state index in [1.807, 2.05) is 6.07 Å². The summed E-state index contributed by atoms with van der Waals surface area (Å²) >= 11 is 0. The molecule has 0 aliphatic carbocycles. The zero-order chi connectivity index (χ0) is 15.2. The Morgan fingerprint density at radius 3 is 2.29 bits per heavy atom. The van der Waals surface area contributed by atoms with E-state index < -0.39 is 12.1 Å². The van der Waals surface area contributed by atoms with Crippen molar-refractivity contribution in [3.05, 3.63) is 71.5 Å². The van der Waals surface area contributed by atoms with Crippen LogP contribution < -0.4 is 0 Å². The van der Waals surface area contributed by atoms with E-state index in [0.717, 1.165) is 0 Å². The highest BCUT2D eigenvalue weighted by Crippen LogP contribution is 2.09. The number of esters is 1. The van der Waals surface area contributed by atoms with E-state index in [4.69, 9.17) is 4.74 Å². The van der Waals surface area contributed by atoms with Gasteiger partial charge in [-0.2, -0.15) is 0 Å². The maximum absolute atomic E-state index is 12.8. The number of carbonyl (C=O) groups excluding carboxylic acids is 2. The summed E-state index contributed by atoms with van der Waals surface area (Å²) in [5.41, 5.74) is 1.14. The molecule has 0 saturated carbocycles. The third kappa shape index (κ3) is 4.24. The number of rotatable bonds is 5. The van der Waals surface area contributed by atoms with Gasteiger partial charge in [0.05, 0.1) is 6.42 Å². The average molecular weight is 286 g/mol. The fourth-order valence-corrected chi connectivity index (χ4v) is 1.90. The van der Waals surface area contributed by atoms with Crippen LogP contribution >= 0.6 is 0 Å². The van der Waals surface area contributed by atoms with Crippen molar-refractivity contribution >= 4 is 11.8 Å². The Morgan fingerprint density at radius 1 is 1.05 bits per heavy atom. The molecule has 0 bridgehead atoms. The maximum Gasteiger partial charge on any atom is 0.310 e. The Hall–Kier alpha value is -2.49. The van der Waals surface area contributed by atoms with E-state index >= 15 is 0 Å². The van der Waals surface area contributed by atoms with Crippen LogP contribution in [0, 0.1) is 5.82 Å². The van der Waals surface area contributed by atoms with Gasteiger partial charge < -0.3 is 4.74 Å². The van der Waals surface area contributed by atoms with Gasteiger partial charge in [0.1, 0.15) is 5.82 Å². The monoisotopic (exact) mass is 286 g/mol. The second-order valence-corrected chi connectivity index (χ2v) is 4.67. The first-order valence-corrected chi connectivity index (χ1v) is 6.59. The van der Waals surface area contributed by atoms with Crippen molar-refractivity contribution in [3.63, 3.8) is 0 Å². The smallest absolute Gasteiger partial charge is 0.310 e. The highest BCUT2D eigenvalue weighted by atomic mass is 19.1. The van der Waals surface area contributed by atoms with Crippen LogP contribution in [0.2, 0.25) is 0 Å². The molecule has 0 aliphatic heterocycles. The van der Waals surface area contributed by atoms with Gasteiger partial charge in [-0.3, -0.25) is 9.59 Å². The second kappa shape index (κ2) is 6.79. The first kappa shape index (κ1) is 14.9. The molecule has 0 aliphatic rings. The minimum absolute atomic E-state index is 0.00664. The molecule has 0 amide bonds. The summed E-state index contributed by atoms with van der Waals surface area (Å²) < 4.78 is 17.9. The molecule has 2 rings (SSSR count). The van der Waals surface area contributed by atoms with Gasteiger partial charge in [0.25, 0.3) is 0 Å². The molecule has 0 N–H and O–H groups in total. The number of hydrogen-bond acceptors (Lipinski definition) is 3. The minimum atomic E-state index is -0.847. The average Bonchev–Trinajstić information content (AvgIpc) is 2.49. The lowest BCUT2D eigenvalue weighted by molar-refractivity contribution is -0.145. The zero-order valence-corrected chi connectivity index (χ0v) is 11.6. The topological polar surface area (TPSA) is 43.4 Å². The molecule has 2 aromatic carbocycles. The van der Waals surface area contributed by atoms with Crippen molar-refractivity contribution < 1.29 is 18.7 Å². The SMILES string of the molecule is CC(OC(=O)Cc1ccc(F)cc1)C(=O)c1ccccc1. The molecule has 21 heavy (non-hydrogen) atoms. The van der Waals surface area contributed by atoms with Gasteiger partial charge in [0.15, 0.2) is 6.10 Å². The van der Waals surface area contributed by atoms with Crippen molar-refractivity contribution in [3.8, 4) is 0 Å². The number of benzene rings is 2. The Kier molecular flexibility index (Phi) is 4.82. The standard InChI is InChI=1S/C17H15FO3/c1-12(17(20)14-5-3-2-4-6-14)21-16(19)11-13-7-9-15(18)10-8-13/h2-10,12H,11H2,1H3. The fourth-order valence-electron chi connectivity index (χ4n) is 1.90. The maximum atomic E-state index is 12.8. The van der Waals surface area contributed by atoms with E-state index in [1.54, 1.807) is 24.3 Å². The molecule has 108 valence electrons. The molecule has 0 fully saturated rings. The molecule has 0 radical (unpaired) electrons. The van der Waals surface area contributed by atoms with Gasteiger partial charge in [-0.25, -0.2) is 4.39 Å². The molecule has 1 atom stereocenters. The molecule has 0 heterocycles. The summed E-state index contributed by atoms with van der Waals surface area (Å²) in [6.07, 6.45) is -0.840. The van der Waals surface area contributed by atoms with E-state index in [9.17, 15) is 14.0 Å². The van der Waals surface area contributed by atoms with Gasteiger partial charge in [0, 0.05) is 5.56 Å². The summed E-state index contributed by atoms with van der Waals surface area (Å²) in [5, 5.41) is 0. The molecular weight excluding hydrogens is 271 g/mol. The molecule has 2 aromatic rings. The molecule has 0 aromatic heterocycles. The lowest BCUT2D eigenvalue weighted by Crippen LogP contribution is -2.25. The molecule has 3 nitrogen and oxygen atoms in total. The molecular formula is C17H15FO3. The zero-order valence-electron chi connectivity index (χ0n) is 11.6. The predicted molar refractivity (Wildman–Crippen MR) is 76.4 cm³/mol. The van der Waals surface area contributed by atoms with Crippen LogP contribution in [0.5, 0.6) is 0 Å². The minimum Gasteiger partial charge on any atom is -0.454 e. The lowest BCUT2D eigenvalue weighted by atomic mass is 10.1. The van der Waals surface area contributed by atoms with Crippen molar-refractivity contribution in [1.29, 1.82) is 0 Å². The number of ether oxygens (including phenoxy) is 1. The molecule has 4 heteroatoms. The fraction of sp³-hybridized carbons (Fsp3) is 0.176. The van der Waals surface area contributed by atoms with Crippen LogP contribution in [-0.4, -0.2) is 17.9 Å². The van der Waals surface area contributed by atoms with Crippen LogP contribution in [0.15, 0.2) is 54.6 Å². The Labute approximate surface area is 122 Å². The van der Waals surface area contributed by atoms with Gasteiger partial charge in [-0.1, -0.05) is 42.5 Å². The highest BCUT2D eigenvalue weighted by Gasteiger charge is 2.19.